The highest BCUT2D eigenvalue weighted by Gasteiger charge is 2.28. The van der Waals surface area contributed by atoms with Crippen molar-refractivity contribution >= 4 is 40.3 Å². The number of aromatic nitrogens is 7. The van der Waals surface area contributed by atoms with Crippen molar-refractivity contribution in [3.8, 4) is 11.8 Å². The largest absolute Gasteiger partial charge is 0.383 e. The molecule has 1 saturated heterocycles. The Morgan fingerprint density at radius 1 is 1.30 bits per heavy atom. The van der Waals surface area contributed by atoms with E-state index in [4.69, 9.17) is 15.6 Å². The van der Waals surface area contributed by atoms with Gasteiger partial charge in [0.2, 0.25) is 0 Å². The van der Waals surface area contributed by atoms with Gasteiger partial charge in [-0.2, -0.15) is 5.10 Å². The number of anilines is 1. The Bertz CT molecular complexity index is 1260. The SMILES string of the molecule is COC[C@H]1C[C@H](n2nc(C#Cc3ccc4[nH]nnc4c3)c3c(N)ncnc32)CN1.Cl. The van der Waals surface area contributed by atoms with E-state index in [1.54, 1.807) is 7.11 Å². The molecule has 1 fully saturated rings. The van der Waals surface area contributed by atoms with E-state index < -0.39 is 0 Å². The van der Waals surface area contributed by atoms with E-state index in [2.05, 4.69) is 42.5 Å². The molecule has 0 aliphatic carbocycles. The smallest absolute Gasteiger partial charge is 0.164 e. The molecule has 4 N–H and O–H groups in total. The van der Waals surface area contributed by atoms with Crippen molar-refractivity contribution in [2.24, 2.45) is 0 Å². The number of halogens is 1. The van der Waals surface area contributed by atoms with Crippen LogP contribution in [-0.4, -0.2) is 61.5 Å². The average molecular weight is 426 g/mol. The molecule has 10 nitrogen and oxygen atoms in total. The second-order valence-electron chi connectivity index (χ2n) is 6.99. The van der Waals surface area contributed by atoms with E-state index in [-0.39, 0.29) is 24.5 Å². The molecule has 154 valence electrons. The Kier molecular flexibility index (Phi) is 5.50. The van der Waals surface area contributed by atoms with Gasteiger partial charge in [-0.25, -0.2) is 14.6 Å². The van der Waals surface area contributed by atoms with Gasteiger partial charge in [0, 0.05) is 25.3 Å². The maximum atomic E-state index is 6.14. The zero-order chi connectivity index (χ0) is 19.8. The normalized spacial score (nSPS) is 18.3. The van der Waals surface area contributed by atoms with Crippen LogP contribution in [0.3, 0.4) is 0 Å². The molecule has 30 heavy (non-hydrogen) atoms. The molecule has 1 aliphatic rings. The number of nitrogens with one attached hydrogen (secondary N) is 2. The molecule has 1 aromatic carbocycles. The van der Waals surface area contributed by atoms with Crippen LogP contribution in [0, 0.1) is 11.8 Å². The minimum absolute atomic E-state index is 0. The molecule has 5 rings (SSSR count). The average Bonchev–Trinajstić information content (AvgIpc) is 3.45. The molecule has 3 aromatic heterocycles. The molecule has 0 amide bonds. The topological polar surface area (TPSA) is 132 Å². The lowest BCUT2D eigenvalue weighted by Crippen LogP contribution is -2.25. The van der Waals surface area contributed by atoms with E-state index in [9.17, 15) is 0 Å². The lowest BCUT2D eigenvalue weighted by atomic mass is 10.2. The Balaban J connectivity index is 0.00000218. The first kappa shape index (κ1) is 20.0. The zero-order valence-electron chi connectivity index (χ0n) is 16.2. The minimum atomic E-state index is 0. The minimum Gasteiger partial charge on any atom is -0.383 e. The van der Waals surface area contributed by atoms with Crippen LogP contribution in [0.4, 0.5) is 5.82 Å². The van der Waals surface area contributed by atoms with Crippen LogP contribution in [0.5, 0.6) is 0 Å². The second kappa shape index (κ2) is 8.23. The Morgan fingerprint density at radius 3 is 3.07 bits per heavy atom. The zero-order valence-corrected chi connectivity index (χ0v) is 17.0. The van der Waals surface area contributed by atoms with Crippen LogP contribution < -0.4 is 11.1 Å². The van der Waals surface area contributed by atoms with Gasteiger partial charge in [0.15, 0.2) is 5.65 Å². The summed E-state index contributed by atoms with van der Waals surface area (Å²) >= 11 is 0. The maximum Gasteiger partial charge on any atom is 0.164 e. The van der Waals surface area contributed by atoms with Gasteiger partial charge < -0.3 is 15.8 Å². The van der Waals surface area contributed by atoms with Crippen molar-refractivity contribution in [2.75, 3.05) is 26.0 Å². The number of aromatic amines is 1. The number of H-pyrrole nitrogens is 1. The van der Waals surface area contributed by atoms with Crippen LogP contribution in [0.2, 0.25) is 0 Å². The number of nitrogen functional groups attached to an aromatic ring is 1. The Labute approximate surface area is 178 Å². The molecule has 0 saturated carbocycles. The van der Waals surface area contributed by atoms with Gasteiger partial charge in [0.25, 0.3) is 0 Å². The third kappa shape index (κ3) is 3.54. The Hall–Kier alpha value is -3.26. The summed E-state index contributed by atoms with van der Waals surface area (Å²) in [6, 6.07) is 6.11. The van der Waals surface area contributed by atoms with Crippen molar-refractivity contribution in [3.05, 3.63) is 35.8 Å². The van der Waals surface area contributed by atoms with Gasteiger partial charge in [-0.15, -0.1) is 17.5 Å². The summed E-state index contributed by atoms with van der Waals surface area (Å²) in [7, 11) is 1.70. The molecule has 0 unspecified atom stereocenters. The van der Waals surface area contributed by atoms with Gasteiger partial charge in [-0.1, -0.05) is 11.1 Å². The summed E-state index contributed by atoms with van der Waals surface area (Å²) in [6.45, 7) is 1.44. The number of benzene rings is 1. The number of hydrogen-bond acceptors (Lipinski definition) is 8. The highest BCUT2D eigenvalue weighted by molar-refractivity contribution is 5.90. The fourth-order valence-electron chi connectivity index (χ4n) is 3.70. The predicted molar refractivity (Wildman–Crippen MR) is 114 cm³/mol. The molecule has 1 aliphatic heterocycles. The first-order chi connectivity index (χ1) is 14.2. The van der Waals surface area contributed by atoms with Crippen molar-refractivity contribution < 1.29 is 4.74 Å². The van der Waals surface area contributed by atoms with E-state index in [1.165, 1.54) is 6.33 Å². The summed E-state index contributed by atoms with van der Waals surface area (Å²) in [5, 5.41) is 19.5. The van der Waals surface area contributed by atoms with Gasteiger partial charge in [-0.05, 0) is 30.5 Å². The third-order valence-corrected chi connectivity index (χ3v) is 5.08. The van der Waals surface area contributed by atoms with Crippen LogP contribution in [-0.2, 0) is 4.74 Å². The van der Waals surface area contributed by atoms with Crippen molar-refractivity contribution in [3.63, 3.8) is 0 Å². The molecule has 4 aromatic rings. The molecule has 2 atom stereocenters. The van der Waals surface area contributed by atoms with Crippen LogP contribution in [0.15, 0.2) is 24.5 Å². The number of nitrogens with zero attached hydrogens (tertiary/aromatic N) is 6. The van der Waals surface area contributed by atoms with Crippen molar-refractivity contribution in [1.29, 1.82) is 0 Å². The first-order valence-corrected chi connectivity index (χ1v) is 9.27. The number of fused-ring (bicyclic) bond motifs is 2. The lowest BCUT2D eigenvalue weighted by molar-refractivity contribution is 0.172. The predicted octanol–water partition coefficient (Wildman–Crippen LogP) is 1.05. The van der Waals surface area contributed by atoms with E-state index >= 15 is 0 Å². The molecular formula is C19H20ClN9O. The highest BCUT2D eigenvalue weighted by atomic mass is 35.5. The highest BCUT2D eigenvalue weighted by Crippen LogP contribution is 2.27. The van der Waals surface area contributed by atoms with Crippen LogP contribution >= 0.6 is 12.4 Å². The number of ether oxygens (including phenoxy) is 1. The molecule has 0 radical (unpaired) electrons. The van der Waals surface area contributed by atoms with E-state index in [0.29, 0.717) is 29.2 Å². The van der Waals surface area contributed by atoms with E-state index in [0.717, 1.165) is 29.6 Å². The van der Waals surface area contributed by atoms with Gasteiger partial charge in [0.05, 0.1) is 23.6 Å². The van der Waals surface area contributed by atoms with Crippen molar-refractivity contribution in [2.45, 2.75) is 18.5 Å². The lowest BCUT2D eigenvalue weighted by Gasteiger charge is -2.10. The molecule has 4 heterocycles. The van der Waals surface area contributed by atoms with Gasteiger partial charge in [-0.3, -0.25) is 5.10 Å². The quantitative estimate of drug-likeness (QED) is 0.415. The van der Waals surface area contributed by atoms with Crippen molar-refractivity contribution in [1.82, 2.24) is 40.5 Å². The Morgan fingerprint density at radius 2 is 2.20 bits per heavy atom. The van der Waals surface area contributed by atoms with Crippen LogP contribution in [0.1, 0.15) is 23.7 Å². The fraction of sp³-hybridized carbons (Fsp3) is 0.316. The molecule has 0 spiro atoms. The van der Waals surface area contributed by atoms with Gasteiger partial charge in [0.1, 0.15) is 23.4 Å². The number of rotatable bonds is 3. The van der Waals surface area contributed by atoms with Gasteiger partial charge >= 0.3 is 0 Å². The summed E-state index contributed by atoms with van der Waals surface area (Å²) < 4.78 is 7.17. The summed E-state index contributed by atoms with van der Waals surface area (Å²) in [5.41, 5.74) is 9.84. The van der Waals surface area contributed by atoms with E-state index in [1.807, 2.05) is 22.9 Å². The number of methoxy groups -OCH3 is 1. The summed E-state index contributed by atoms with van der Waals surface area (Å²) in [6.07, 6.45) is 2.35. The van der Waals surface area contributed by atoms with Crippen LogP contribution in [0.25, 0.3) is 22.1 Å². The first-order valence-electron chi connectivity index (χ1n) is 9.27. The number of hydrogen-bond donors (Lipinski definition) is 3. The molecular weight excluding hydrogens is 406 g/mol. The number of nitrogens with two attached hydrogens (primary N) is 1. The summed E-state index contributed by atoms with van der Waals surface area (Å²) in [4.78, 5) is 8.56. The monoisotopic (exact) mass is 425 g/mol. The molecule has 11 heteroatoms. The maximum absolute atomic E-state index is 6.14. The summed E-state index contributed by atoms with van der Waals surface area (Å²) in [5.74, 6) is 6.65. The molecule has 0 bridgehead atoms. The second-order valence-corrected chi connectivity index (χ2v) is 6.99. The standard InChI is InChI=1S/C19H19N9O.ClH/c1-29-9-12-7-13(8-21-12)28-19-17(18(20)22-10-23-19)15(26-28)5-3-11-2-4-14-16(6-11)25-27-24-14;/h2,4,6,10,12-13,21H,7-9H2,1H3,(H2,20,22,23)(H,24,25,27);1H/t12-,13+;/m1./s1. The fourth-order valence-corrected chi connectivity index (χ4v) is 3.70. The third-order valence-electron chi connectivity index (χ3n) is 5.08.